The van der Waals surface area contributed by atoms with Gasteiger partial charge in [0.1, 0.15) is 11.5 Å². The normalized spacial score (nSPS) is 10.1. The molecule has 0 radical (unpaired) electrons. The van der Waals surface area contributed by atoms with Crippen molar-refractivity contribution in [2.45, 2.75) is 20.3 Å². The number of methoxy groups -OCH3 is 1. The standard InChI is InChI=1S/C19H21NO4/c1-4-24-17-8-6-16(7-9-17)20-19(22)12-15-11-14(13(2)21)5-10-18(15)23-3/h5-11H,4,12H2,1-3H3,(H,20,22). The summed E-state index contributed by atoms with van der Waals surface area (Å²) in [7, 11) is 1.54. The van der Waals surface area contributed by atoms with Crippen LogP contribution in [-0.2, 0) is 11.2 Å². The first-order valence-corrected chi connectivity index (χ1v) is 7.74. The van der Waals surface area contributed by atoms with Crippen LogP contribution in [0.4, 0.5) is 5.69 Å². The van der Waals surface area contributed by atoms with E-state index >= 15 is 0 Å². The van der Waals surface area contributed by atoms with Crippen LogP contribution in [0.2, 0.25) is 0 Å². The second-order valence-corrected chi connectivity index (χ2v) is 5.27. The lowest BCUT2D eigenvalue weighted by Gasteiger charge is -2.11. The van der Waals surface area contributed by atoms with E-state index in [1.807, 2.05) is 6.92 Å². The van der Waals surface area contributed by atoms with Crippen molar-refractivity contribution in [1.29, 1.82) is 0 Å². The first kappa shape index (κ1) is 17.5. The van der Waals surface area contributed by atoms with E-state index in [1.165, 1.54) is 14.0 Å². The zero-order valence-corrected chi connectivity index (χ0v) is 14.1. The van der Waals surface area contributed by atoms with Gasteiger partial charge in [-0.2, -0.15) is 0 Å². The average Bonchev–Trinajstić information content (AvgIpc) is 2.56. The van der Waals surface area contributed by atoms with Crippen LogP contribution in [0.15, 0.2) is 42.5 Å². The largest absolute Gasteiger partial charge is 0.496 e. The summed E-state index contributed by atoms with van der Waals surface area (Å²) in [6.07, 6.45) is 0.123. The molecule has 0 unspecified atom stereocenters. The van der Waals surface area contributed by atoms with Crippen molar-refractivity contribution < 1.29 is 19.1 Å². The number of anilines is 1. The summed E-state index contributed by atoms with van der Waals surface area (Å²) in [5, 5.41) is 2.82. The van der Waals surface area contributed by atoms with Crippen LogP contribution >= 0.6 is 0 Å². The predicted molar refractivity (Wildman–Crippen MR) is 92.9 cm³/mol. The highest BCUT2D eigenvalue weighted by Gasteiger charge is 2.12. The third-order valence-corrected chi connectivity index (χ3v) is 3.49. The highest BCUT2D eigenvalue weighted by Crippen LogP contribution is 2.22. The number of ketones is 1. The van der Waals surface area contributed by atoms with Gasteiger partial charge >= 0.3 is 0 Å². The molecule has 5 heteroatoms. The molecule has 1 N–H and O–H groups in total. The highest BCUT2D eigenvalue weighted by molar-refractivity contribution is 5.96. The van der Waals surface area contributed by atoms with Gasteiger partial charge in [-0.3, -0.25) is 9.59 Å². The van der Waals surface area contributed by atoms with Gasteiger partial charge in [-0.25, -0.2) is 0 Å². The van der Waals surface area contributed by atoms with Gasteiger partial charge in [0.05, 0.1) is 20.1 Å². The number of Topliss-reactive ketones (excluding diaryl/α,β-unsaturated/α-hetero) is 1. The molecule has 0 fully saturated rings. The summed E-state index contributed by atoms with van der Waals surface area (Å²) in [4.78, 5) is 23.8. The Bertz CT molecular complexity index is 723. The molecule has 0 aromatic heterocycles. The minimum Gasteiger partial charge on any atom is -0.496 e. The number of ether oxygens (including phenoxy) is 2. The number of benzene rings is 2. The van der Waals surface area contributed by atoms with Crippen molar-refractivity contribution in [2.24, 2.45) is 0 Å². The Kier molecular flexibility index (Phi) is 5.95. The summed E-state index contributed by atoms with van der Waals surface area (Å²) in [6.45, 7) is 4.00. The Morgan fingerprint density at radius 3 is 2.38 bits per heavy atom. The Morgan fingerprint density at radius 1 is 1.08 bits per heavy atom. The molecule has 0 aliphatic heterocycles. The Morgan fingerprint density at radius 2 is 1.79 bits per heavy atom. The summed E-state index contributed by atoms with van der Waals surface area (Å²) in [5.41, 5.74) is 1.92. The second-order valence-electron chi connectivity index (χ2n) is 5.27. The fourth-order valence-electron chi connectivity index (χ4n) is 2.32. The molecule has 0 saturated heterocycles. The molecule has 0 saturated carbocycles. The molecular formula is C19H21NO4. The summed E-state index contributed by atoms with van der Waals surface area (Å²) < 4.78 is 10.6. The molecule has 0 aliphatic carbocycles. The maximum Gasteiger partial charge on any atom is 0.228 e. The van der Waals surface area contributed by atoms with E-state index in [0.717, 1.165) is 5.75 Å². The molecule has 2 rings (SSSR count). The van der Waals surface area contributed by atoms with Crippen LogP contribution in [0, 0.1) is 0 Å². The maximum atomic E-state index is 12.3. The molecule has 24 heavy (non-hydrogen) atoms. The van der Waals surface area contributed by atoms with Crippen molar-refractivity contribution in [3.63, 3.8) is 0 Å². The van der Waals surface area contributed by atoms with Crippen molar-refractivity contribution >= 4 is 17.4 Å². The van der Waals surface area contributed by atoms with Crippen LogP contribution in [0.25, 0.3) is 0 Å². The Hall–Kier alpha value is -2.82. The molecule has 0 heterocycles. The minimum absolute atomic E-state index is 0.0502. The highest BCUT2D eigenvalue weighted by atomic mass is 16.5. The zero-order chi connectivity index (χ0) is 17.5. The van der Waals surface area contributed by atoms with Crippen molar-refractivity contribution in [1.82, 2.24) is 0 Å². The lowest BCUT2D eigenvalue weighted by molar-refractivity contribution is -0.115. The number of carbonyl (C=O) groups is 2. The van der Waals surface area contributed by atoms with Crippen molar-refractivity contribution in [3.8, 4) is 11.5 Å². The summed E-state index contributed by atoms with van der Waals surface area (Å²) in [6, 6.07) is 12.3. The lowest BCUT2D eigenvalue weighted by Crippen LogP contribution is -2.15. The van der Waals surface area contributed by atoms with Gasteiger partial charge in [-0.1, -0.05) is 0 Å². The summed E-state index contributed by atoms with van der Waals surface area (Å²) in [5.74, 6) is 1.11. The van der Waals surface area contributed by atoms with Crippen molar-refractivity contribution in [3.05, 3.63) is 53.6 Å². The fourth-order valence-corrected chi connectivity index (χ4v) is 2.32. The lowest BCUT2D eigenvalue weighted by atomic mass is 10.0. The SMILES string of the molecule is CCOc1ccc(NC(=O)Cc2cc(C(C)=O)ccc2OC)cc1. The number of hydrogen-bond acceptors (Lipinski definition) is 4. The quantitative estimate of drug-likeness (QED) is 0.791. The number of hydrogen-bond donors (Lipinski definition) is 1. The molecule has 126 valence electrons. The van der Waals surface area contributed by atoms with Gasteiger partial charge in [0, 0.05) is 16.8 Å². The fraction of sp³-hybridized carbons (Fsp3) is 0.263. The molecule has 1 amide bonds. The topological polar surface area (TPSA) is 64.6 Å². The van der Waals surface area contributed by atoms with Gasteiger partial charge in [0.15, 0.2) is 5.78 Å². The van der Waals surface area contributed by atoms with Gasteiger partial charge in [-0.15, -0.1) is 0 Å². The third kappa shape index (κ3) is 4.59. The van der Waals surface area contributed by atoms with Crippen LogP contribution < -0.4 is 14.8 Å². The Balaban J connectivity index is 2.08. The average molecular weight is 327 g/mol. The molecule has 0 aliphatic rings. The van der Waals surface area contributed by atoms with E-state index in [2.05, 4.69) is 5.32 Å². The van der Waals surface area contributed by atoms with E-state index in [9.17, 15) is 9.59 Å². The van der Waals surface area contributed by atoms with Crippen LogP contribution in [0.3, 0.4) is 0 Å². The molecule has 2 aromatic rings. The monoisotopic (exact) mass is 327 g/mol. The second kappa shape index (κ2) is 8.15. The third-order valence-electron chi connectivity index (χ3n) is 3.49. The van der Waals surface area contributed by atoms with Crippen LogP contribution in [0.5, 0.6) is 11.5 Å². The van der Waals surface area contributed by atoms with E-state index < -0.39 is 0 Å². The molecule has 0 spiro atoms. The zero-order valence-electron chi connectivity index (χ0n) is 14.1. The van der Waals surface area contributed by atoms with Crippen LogP contribution in [0.1, 0.15) is 29.8 Å². The van der Waals surface area contributed by atoms with E-state index in [4.69, 9.17) is 9.47 Å². The number of amides is 1. The molecule has 5 nitrogen and oxygen atoms in total. The van der Waals surface area contributed by atoms with E-state index in [0.29, 0.717) is 29.2 Å². The number of carbonyl (C=O) groups excluding carboxylic acids is 2. The number of rotatable bonds is 7. The summed E-state index contributed by atoms with van der Waals surface area (Å²) >= 11 is 0. The maximum absolute atomic E-state index is 12.3. The number of nitrogens with one attached hydrogen (secondary N) is 1. The van der Waals surface area contributed by atoms with Gasteiger partial charge < -0.3 is 14.8 Å². The minimum atomic E-state index is -0.182. The first-order valence-electron chi connectivity index (χ1n) is 7.74. The van der Waals surface area contributed by atoms with Gasteiger partial charge in [0.25, 0.3) is 0 Å². The molecular weight excluding hydrogens is 306 g/mol. The first-order chi connectivity index (χ1) is 11.5. The van der Waals surface area contributed by atoms with Crippen molar-refractivity contribution in [2.75, 3.05) is 19.0 Å². The van der Waals surface area contributed by atoms with E-state index in [1.54, 1.807) is 42.5 Å². The van der Waals surface area contributed by atoms with Gasteiger partial charge in [-0.05, 0) is 56.3 Å². The molecule has 0 atom stereocenters. The van der Waals surface area contributed by atoms with E-state index in [-0.39, 0.29) is 18.1 Å². The molecule has 0 bridgehead atoms. The Labute approximate surface area is 141 Å². The smallest absolute Gasteiger partial charge is 0.228 e. The van der Waals surface area contributed by atoms with Gasteiger partial charge in [0.2, 0.25) is 5.91 Å². The predicted octanol–water partition coefficient (Wildman–Crippen LogP) is 3.48. The van der Waals surface area contributed by atoms with Crippen LogP contribution in [-0.4, -0.2) is 25.4 Å². The molecule has 2 aromatic carbocycles.